The number of ether oxygens (including phenoxy) is 1. The Labute approximate surface area is 104 Å². The molecule has 18 heavy (non-hydrogen) atoms. The maximum atomic E-state index is 11.7. The summed E-state index contributed by atoms with van der Waals surface area (Å²) in [5, 5.41) is 8.89. The summed E-state index contributed by atoms with van der Waals surface area (Å²) in [6, 6.07) is 4.72. The van der Waals surface area contributed by atoms with Gasteiger partial charge in [0, 0.05) is 6.54 Å². The van der Waals surface area contributed by atoms with Crippen molar-refractivity contribution >= 4 is 17.7 Å². The van der Waals surface area contributed by atoms with E-state index in [2.05, 4.69) is 6.58 Å². The van der Waals surface area contributed by atoms with Crippen molar-refractivity contribution in [2.45, 2.75) is 6.42 Å². The van der Waals surface area contributed by atoms with E-state index in [9.17, 15) is 9.59 Å². The minimum absolute atomic E-state index is 0.165. The van der Waals surface area contributed by atoms with E-state index in [0.29, 0.717) is 18.7 Å². The van der Waals surface area contributed by atoms with Crippen LogP contribution in [0, 0.1) is 0 Å². The van der Waals surface area contributed by atoms with Crippen LogP contribution in [0.1, 0.15) is 15.9 Å². The second-order valence-electron chi connectivity index (χ2n) is 3.92. The van der Waals surface area contributed by atoms with Gasteiger partial charge in [0.1, 0.15) is 6.61 Å². The van der Waals surface area contributed by atoms with Gasteiger partial charge in [-0.2, -0.15) is 0 Å². The number of carboxylic acid groups (broad SMARTS) is 1. The van der Waals surface area contributed by atoms with Crippen LogP contribution in [0.15, 0.2) is 30.9 Å². The smallest absolute Gasteiger partial charge is 0.414 e. The van der Waals surface area contributed by atoms with Crippen LogP contribution >= 0.6 is 0 Å². The number of hydrogen-bond donors (Lipinski definition) is 1. The molecular formula is C13H13NO4. The fourth-order valence-corrected chi connectivity index (χ4v) is 1.93. The zero-order chi connectivity index (χ0) is 13.1. The van der Waals surface area contributed by atoms with E-state index in [0.717, 1.165) is 5.56 Å². The molecule has 1 aromatic rings. The normalized spacial score (nSPS) is 13.0. The quantitative estimate of drug-likeness (QED) is 0.830. The van der Waals surface area contributed by atoms with Gasteiger partial charge >= 0.3 is 12.1 Å². The number of carbonyl (C=O) groups excluding carboxylic acids is 1. The Morgan fingerprint density at radius 3 is 2.94 bits per heavy atom. The van der Waals surface area contributed by atoms with E-state index >= 15 is 0 Å². The van der Waals surface area contributed by atoms with Crippen LogP contribution in [-0.4, -0.2) is 30.3 Å². The Morgan fingerprint density at radius 1 is 1.50 bits per heavy atom. The van der Waals surface area contributed by atoms with Gasteiger partial charge in [-0.05, 0) is 30.2 Å². The van der Waals surface area contributed by atoms with Crippen LogP contribution in [0.5, 0.6) is 0 Å². The fourth-order valence-electron chi connectivity index (χ4n) is 1.93. The maximum Gasteiger partial charge on any atom is 0.414 e. The molecule has 0 atom stereocenters. The predicted molar refractivity (Wildman–Crippen MR) is 66.0 cm³/mol. The molecule has 1 aromatic carbocycles. The zero-order valence-electron chi connectivity index (χ0n) is 9.76. The van der Waals surface area contributed by atoms with Crippen molar-refractivity contribution in [3.63, 3.8) is 0 Å². The summed E-state index contributed by atoms with van der Waals surface area (Å²) in [6.07, 6.45) is 1.71. The number of nitrogens with zero attached hydrogens (tertiary/aromatic N) is 1. The van der Waals surface area contributed by atoms with E-state index in [1.165, 1.54) is 17.0 Å². The third-order valence-corrected chi connectivity index (χ3v) is 2.77. The molecule has 0 aromatic heterocycles. The van der Waals surface area contributed by atoms with E-state index < -0.39 is 12.1 Å². The lowest BCUT2D eigenvalue weighted by molar-refractivity contribution is 0.0696. The summed E-state index contributed by atoms with van der Waals surface area (Å²) in [6.45, 7) is 4.15. The van der Waals surface area contributed by atoms with E-state index in [-0.39, 0.29) is 12.2 Å². The highest BCUT2D eigenvalue weighted by molar-refractivity contribution is 5.93. The molecule has 5 heteroatoms. The van der Waals surface area contributed by atoms with Gasteiger partial charge in [-0.25, -0.2) is 9.59 Å². The van der Waals surface area contributed by atoms with Crippen LogP contribution in [0.3, 0.4) is 0 Å². The van der Waals surface area contributed by atoms with Crippen molar-refractivity contribution in [1.82, 2.24) is 0 Å². The van der Waals surface area contributed by atoms with Crippen molar-refractivity contribution in [1.29, 1.82) is 0 Å². The average molecular weight is 247 g/mol. The van der Waals surface area contributed by atoms with Crippen LogP contribution < -0.4 is 4.90 Å². The van der Waals surface area contributed by atoms with Crippen LogP contribution in [0.2, 0.25) is 0 Å². The maximum absolute atomic E-state index is 11.7. The van der Waals surface area contributed by atoms with Crippen LogP contribution in [-0.2, 0) is 11.2 Å². The molecule has 0 fully saturated rings. The molecule has 1 aliphatic heterocycles. The highest BCUT2D eigenvalue weighted by Gasteiger charge is 2.26. The van der Waals surface area contributed by atoms with Gasteiger partial charge in [0.2, 0.25) is 0 Å². The van der Waals surface area contributed by atoms with Gasteiger partial charge in [-0.3, -0.25) is 4.90 Å². The fraction of sp³-hybridized carbons (Fsp3) is 0.231. The molecule has 0 aliphatic carbocycles. The second-order valence-corrected chi connectivity index (χ2v) is 3.92. The minimum Gasteiger partial charge on any atom is -0.478 e. The molecule has 0 unspecified atom stereocenters. The third-order valence-electron chi connectivity index (χ3n) is 2.77. The van der Waals surface area contributed by atoms with E-state index in [4.69, 9.17) is 9.84 Å². The molecule has 0 saturated heterocycles. The SMILES string of the molecule is C=CCOC(=O)N1CCc2cc(C(=O)O)ccc21. The molecule has 5 nitrogen and oxygen atoms in total. The minimum atomic E-state index is -0.967. The van der Waals surface area contributed by atoms with Gasteiger partial charge in [-0.15, -0.1) is 0 Å². The van der Waals surface area contributed by atoms with Gasteiger partial charge in [0.15, 0.2) is 0 Å². The molecule has 94 valence electrons. The summed E-state index contributed by atoms with van der Waals surface area (Å²) in [5.74, 6) is -0.967. The van der Waals surface area contributed by atoms with E-state index in [1.807, 2.05) is 0 Å². The Kier molecular flexibility index (Phi) is 3.32. The summed E-state index contributed by atoms with van der Waals surface area (Å²) in [4.78, 5) is 24.1. The largest absolute Gasteiger partial charge is 0.478 e. The number of carbonyl (C=O) groups is 2. The lowest BCUT2D eigenvalue weighted by Crippen LogP contribution is -2.29. The van der Waals surface area contributed by atoms with E-state index in [1.54, 1.807) is 12.1 Å². The Bertz CT molecular complexity index is 510. The second kappa shape index (κ2) is 4.91. The first-order valence-corrected chi connectivity index (χ1v) is 5.55. The third kappa shape index (κ3) is 2.20. The number of anilines is 1. The number of amides is 1. The number of carboxylic acids is 1. The molecule has 0 radical (unpaired) electrons. The topological polar surface area (TPSA) is 66.8 Å². The molecule has 1 amide bonds. The summed E-state index contributed by atoms with van der Waals surface area (Å²) in [5.41, 5.74) is 1.80. The van der Waals surface area contributed by atoms with Crippen LogP contribution in [0.4, 0.5) is 10.5 Å². The predicted octanol–water partition coefficient (Wildman–Crippen LogP) is 2.07. The highest BCUT2D eigenvalue weighted by Crippen LogP contribution is 2.29. The molecule has 1 heterocycles. The summed E-state index contributed by atoms with van der Waals surface area (Å²) >= 11 is 0. The van der Waals surface area contributed by atoms with Crippen molar-refractivity contribution in [2.75, 3.05) is 18.1 Å². The Balaban J connectivity index is 2.21. The number of aromatic carboxylic acids is 1. The summed E-state index contributed by atoms with van der Waals surface area (Å²) in [7, 11) is 0. The van der Waals surface area contributed by atoms with Crippen molar-refractivity contribution in [3.8, 4) is 0 Å². The molecule has 0 saturated carbocycles. The summed E-state index contributed by atoms with van der Waals surface area (Å²) < 4.78 is 4.96. The molecule has 0 bridgehead atoms. The number of hydrogen-bond acceptors (Lipinski definition) is 3. The lowest BCUT2D eigenvalue weighted by atomic mass is 10.1. The first kappa shape index (κ1) is 12.2. The first-order valence-electron chi connectivity index (χ1n) is 5.55. The number of benzene rings is 1. The van der Waals surface area contributed by atoms with Gasteiger partial charge < -0.3 is 9.84 Å². The molecule has 2 rings (SSSR count). The van der Waals surface area contributed by atoms with Crippen LogP contribution in [0.25, 0.3) is 0 Å². The standard InChI is InChI=1S/C13H13NO4/c1-2-7-18-13(17)14-6-5-9-8-10(12(15)16)3-4-11(9)14/h2-4,8H,1,5-7H2,(H,15,16). The highest BCUT2D eigenvalue weighted by atomic mass is 16.6. The van der Waals surface area contributed by atoms with Crippen molar-refractivity contribution < 1.29 is 19.4 Å². The zero-order valence-corrected chi connectivity index (χ0v) is 9.76. The monoisotopic (exact) mass is 247 g/mol. The Hall–Kier alpha value is -2.30. The lowest BCUT2D eigenvalue weighted by Gasteiger charge is -2.16. The number of rotatable bonds is 3. The van der Waals surface area contributed by atoms with Gasteiger partial charge in [0.25, 0.3) is 0 Å². The molecule has 1 aliphatic rings. The Morgan fingerprint density at radius 2 is 2.28 bits per heavy atom. The average Bonchev–Trinajstić information content (AvgIpc) is 2.78. The molecule has 1 N–H and O–H groups in total. The van der Waals surface area contributed by atoms with Gasteiger partial charge in [-0.1, -0.05) is 12.7 Å². The van der Waals surface area contributed by atoms with Crippen molar-refractivity contribution in [3.05, 3.63) is 42.0 Å². The first-order chi connectivity index (χ1) is 8.63. The molecule has 0 spiro atoms. The molecular weight excluding hydrogens is 234 g/mol. The number of fused-ring (bicyclic) bond motifs is 1. The van der Waals surface area contributed by atoms with Crippen molar-refractivity contribution in [2.24, 2.45) is 0 Å². The van der Waals surface area contributed by atoms with Gasteiger partial charge in [0.05, 0.1) is 11.3 Å².